The Morgan fingerprint density at radius 2 is 2.24 bits per heavy atom. The van der Waals surface area contributed by atoms with E-state index in [1.165, 1.54) is 0 Å². The number of carbonyl (C=O) groups is 1. The summed E-state index contributed by atoms with van der Waals surface area (Å²) in [4.78, 5) is 15.1. The Bertz CT molecular complexity index is 547. The highest BCUT2D eigenvalue weighted by molar-refractivity contribution is 5.90. The minimum absolute atomic E-state index is 0.296. The highest BCUT2D eigenvalue weighted by Gasteiger charge is 2.08. The number of ether oxygens (including phenoxy) is 1. The van der Waals surface area contributed by atoms with E-state index in [0.29, 0.717) is 12.8 Å². The molecule has 17 heavy (non-hydrogen) atoms. The molecule has 1 aromatic heterocycles. The lowest BCUT2D eigenvalue weighted by molar-refractivity contribution is -0.118. The van der Waals surface area contributed by atoms with E-state index in [4.69, 9.17) is 10.5 Å². The molecule has 0 unspecified atom stereocenters. The summed E-state index contributed by atoms with van der Waals surface area (Å²) in [7, 11) is 1.62. The minimum Gasteiger partial charge on any atom is -0.496 e. The largest absolute Gasteiger partial charge is 0.496 e. The second-order valence-corrected chi connectivity index (χ2v) is 3.78. The summed E-state index contributed by atoms with van der Waals surface area (Å²) in [6.45, 7) is 0. The molecule has 1 aromatic carbocycles. The summed E-state index contributed by atoms with van der Waals surface area (Å²) in [6.07, 6.45) is 2.56. The Kier molecular flexibility index (Phi) is 3.23. The van der Waals surface area contributed by atoms with Gasteiger partial charge in [0, 0.05) is 18.0 Å². The van der Waals surface area contributed by atoms with Crippen LogP contribution in [0.3, 0.4) is 0 Å². The van der Waals surface area contributed by atoms with Crippen molar-refractivity contribution in [3.05, 3.63) is 36.2 Å². The molecule has 2 rings (SSSR count). The molecule has 4 nitrogen and oxygen atoms in total. The van der Waals surface area contributed by atoms with E-state index in [2.05, 4.69) is 4.98 Å². The quantitative estimate of drug-likeness (QED) is 0.868. The average molecular weight is 230 g/mol. The van der Waals surface area contributed by atoms with E-state index in [9.17, 15) is 4.79 Å². The summed E-state index contributed by atoms with van der Waals surface area (Å²) in [5.74, 6) is 0.453. The van der Waals surface area contributed by atoms with Crippen LogP contribution >= 0.6 is 0 Å². The van der Waals surface area contributed by atoms with Gasteiger partial charge in [0.1, 0.15) is 5.75 Å². The molecule has 0 bridgehead atoms. The average Bonchev–Trinajstić information content (AvgIpc) is 2.35. The molecule has 0 aliphatic heterocycles. The normalized spacial score (nSPS) is 10.4. The van der Waals surface area contributed by atoms with Crippen LogP contribution in [0.2, 0.25) is 0 Å². The number of amides is 1. The van der Waals surface area contributed by atoms with Gasteiger partial charge in [0.2, 0.25) is 5.91 Å². The van der Waals surface area contributed by atoms with Crippen LogP contribution in [-0.4, -0.2) is 18.0 Å². The third kappa shape index (κ3) is 2.36. The molecule has 88 valence electrons. The van der Waals surface area contributed by atoms with Crippen molar-refractivity contribution in [2.75, 3.05) is 7.11 Å². The lowest BCUT2D eigenvalue weighted by Crippen LogP contribution is -2.11. The lowest BCUT2D eigenvalue weighted by Gasteiger charge is -2.09. The fourth-order valence-corrected chi connectivity index (χ4v) is 1.87. The first-order chi connectivity index (χ1) is 8.22. The number of hydrogen-bond acceptors (Lipinski definition) is 3. The number of fused-ring (bicyclic) bond motifs is 1. The Morgan fingerprint density at radius 1 is 1.41 bits per heavy atom. The number of methoxy groups -OCH3 is 1. The van der Waals surface area contributed by atoms with Gasteiger partial charge in [-0.25, -0.2) is 0 Å². The Balaban J connectivity index is 2.50. The van der Waals surface area contributed by atoms with E-state index < -0.39 is 0 Å². The van der Waals surface area contributed by atoms with Crippen molar-refractivity contribution >= 4 is 16.7 Å². The summed E-state index contributed by atoms with van der Waals surface area (Å²) in [6, 6.07) is 7.73. The molecule has 0 atom stereocenters. The van der Waals surface area contributed by atoms with Crippen molar-refractivity contribution in [1.82, 2.24) is 4.98 Å². The number of aryl methyl sites for hydroxylation is 1. The molecule has 0 aliphatic carbocycles. The smallest absolute Gasteiger partial charge is 0.217 e. The number of carbonyl (C=O) groups excluding carboxylic acids is 1. The number of aromatic nitrogens is 1. The van der Waals surface area contributed by atoms with Crippen molar-refractivity contribution in [3.63, 3.8) is 0 Å². The maximum absolute atomic E-state index is 10.8. The zero-order chi connectivity index (χ0) is 12.3. The van der Waals surface area contributed by atoms with E-state index >= 15 is 0 Å². The van der Waals surface area contributed by atoms with Gasteiger partial charge in [-0.2, -0.15) is 0 Å². The Hall–Kier alpha value is -2.10. The van der Waals surface area contributed by atoms with Gasteiger partial charge in [-0.05, 0) is 23.9 Å². The lowest BCUT2D eigenvalue weighted by atomic mass is 10.1. The first kappa shape index (κ1) is 11.4. The second kappa shape index (κ2) is 4.82. The van der Waals surface area contributed by atoms with Gasteiger partial charge in [0.05, 0.1) is 12.8 Å². The standard InChI is InChI=1S/C13H14N2O2/c1-17-11-4-2-3-9-7-8-15-10(13(9)11)5-6-12(14)16/h2-4,7-8H,5-6H2,1H3,(H2,14,16). The number of pyridine rings is 1. The number of rotatable bonds is 4. The van der Waals surface area contributed by atoms with E-state index in [1.54, 1.807) is 13.3 Å². The van der Waals surface area contributed by atoms with Gasteiger partial charge in [-0.1, -0.05) is 12.1 Å². The van der Waals surface area contributed by atoms with Crippen LogP contribution in [0.1, 0.15) is 12.1 Å². The fraction of sp³-hybridized carbons (Fsp3) is 0.231. The monoisotopic (exact) mass is 230 g/mol. The summed E-state index contributed by atoms with van der Waals surface area (Å²) in [5, 5.41) is 2.01. The van der Waals surface area contributed by atoms with E-state index in [-0.39, 0.29) is 5.91 Å². The van der Waals surface area contributed by atoms with Crippen LogP contribution in [0.25, 0.3) is 10.8 Å². The van der Waals surface area contributed by atoms with Gasteiger partial charge >= 0.3 is 0 Å². The highest BCUT2D eigenvalue weighted by Crippen LogP contribution is 2.28. The van der Waals surface area contributed by atoms with Crippen LogP contribution in [-0.2, 0) is 11.2 Å². The minimum atomic E-state index is -0.321. The molecule has 0 spiro atoms. The molecule has 2 N–H and O–H groups in total. The summed E-state index contributed by atoms with van der Waals surface area (Å²) < 4.78 is 5.32. The molecule has 1 amide bonds. The zero-order valence-corrected chi connectivity index (χ0v) is 9.64. The predicted octanol–water partition coefficient (Wildman–Crippen LogP) is 1.66. The van der Waals surface area contributed by atoms with Crippen LogP contribution in [0.4, 0.5) is 0 Å². The van der Waals surface area contributed by atoms with E-state index in [1.807, 2.05) is 24.3 Å². The summed E-state index contributed by atoms with van der Waals surface area (Å²) >= 11 is 0. The number of nitrogens with zero attached hydrogens (tertiary/aromatic N) is 1. The maximum atomic E-state index is 10.8. The molecule has 0 fully saturated rings. The first-order valence-corrected chi connectivity index (χ1v) is 5.41. The predicted molar refractivity (Wildman–Crippen MR) is 65.8 cm³/mol. The molecule has 4 heteroatoms. The van der Waals surface area contributed by atoms with E-state index in [0.717, 1.165) is 22.2 Å². The molecule has 0 saturated carbocycles. The van der Waals surface area contributed by atoms with Gasteiger partial charge < -0.3 is 10.5 Å². The molecular formula is C13H14N2O2. The number of benzene rings is 1. The number of hydrogen-bond donors (Lipinski definition) is 1. The van der Waals surface area contributed by atoms with Crippen molar-refractivity contribution < 1.29 is 9.53 Å². The topological polar surface area (TPSA) is 65.2 Å². The SMILES string of the molecule is COc1cccc2ccnc(CCC(N)=O)c12. The van der Waals surface area contributed by atoms with Crippen molar-refractivity contribution in [3.8, 4) is 5.75 Å². The van der Waals surface area contributed by atoms with Crippen molar-refractivity contribution in [1.29, 1.82) is 0 Å². The molecule has 0 radical (unpaired) electrons. The Morgan fingerprint density at radius 3 is 2.94 bits per heavy atom. The van der Waals surface area contributed by atoms with Crippen LogP contribution in [0.5, 0.6) is 5.75 Å². The molecule has 0 saturated heterocycles. The van der Waals surface area contributed by atoms with Gasteiger partial charge in [-0.3, -0.25) is 9.78 Å². The van der Waals surface area contributed by atoms with Crippen molar-refractivity contribution in [2.24, 2.45) is 5.73 Å². The molecular weight excluding hydrogens is 216 g/mol. The third-order valence-corrected chi connectivity index (χ3v) is 2.66. The van der Waals surface area contributed by atoms with Crippen molar-refractivity contribution in [2.45, 2.75) is 12.8 Å². The summed E-state index contributed by atoms with van der Waals surface area (Å²) in [5.41, 5.74) is 6.00. The van der Waals surface area contributed by atoms with Gasteiger partial charge in [-0.15, -0.1) is 0 Å². The van der Waals surface area contributed by atoms with Crippen LogP contribution in [0, 0.1) is 0 Å². The van der Waals surface area contributed by atoms with Crippen LogP contribution < -0.4 is 10.5 Å². The first-order valence-electron chi connectivity index (χ1n) is 5.41. The number of nitrogens with two attached hydrogens (primary N) is 1. The third-order valence-electron chi connectivity index (χ3n) is 2.66. The van der Waals surface area contributed by atoms with Gasteiger partial charge in [0.25, 0.3) is 0 Å². The van der Waals surface area contributed by atoms with Gasteiger partial charge in [0.15, 0.2) is 0 Å². The molecule has 1 heterocycles. The fourth-order valence-electron chi connectivity index (χ4n) is 1.87. The molecule has 2 aromatic rings. The highest BCUT2D eigenvalue weighted by atomic mass is 16.5. The Labute approximate surface area is 99.4 Å². The zero-order valence-electron chi connectivity index (χ0n) is 9.64. The molecule has 0 aliphatic rings. The van der Waals surface area contributed by atoms with Crippen LogP contribution in [0.15, 0.2) is 30.5 Å². The second-order valence-electron chi connectivity index (χ2n) is 3.78. The number of primary amides is 1. The maximum Gasteiger partial charge on any atom is 0.217 e.